The number of hydrogen-bond donors (Lipinski definition) is 2. The molecule has 2 N–H and O–H groups in total. The van der Waals surface area contributed by atoms with Crippen LogP contribution in [-0.4, -0.2) is 25.5 Å². The maximum atomic E-state index is 12.0. The highest BCUT2D eigenvalue weighted by Gasteiger charge is 2.34. The molecule has 1 rings (SSSR count). The molecule has 0 spiro atoms. The van der Waals surface area contributed by atoms with E-state index >= 15 is 0 Å². The van der Waals surface area contributed by atoms with Crippen LogP contribution in [0.1, 0.15) is 31.2 Å². The van der Waals surface area contributed by atoms with Crippen LogP contribution in [0.5, 0.6) is 0 Å². The van der Waals surface area contributed by atoms with Crippen molar-refractivity contribution in [1.82, 2.24) is 4.72 Å². The van der Waals surface area contributed by atoms with Crippen molar-refractivity contribution in [3.05, 3.63) is 21.9 Å². The number of nitriles is 1. The minimum absolute atomic E-state index is 0.342. The highest BCUT2D eigenvalue weighted by atomic mass is 32.2. The number of rotatable bonds is 5. The summed E-state index contributed by atoms with van der Waals surface area (Å²) >= 11 is 1.15. The predicted octanol–water partition coefficient (Wildman–Crippen LogP) is 1.54. The minimum Gasteiger partial charge on any atom is -0.480 e. The van der Waals surface area contributed by atoms with Crippen LogP contribution in [0.4, 0.5) is 0 Å². The number of sulfonamides is 1. The average Bonchev–Trinajstić information content (AvgIpc) is 2.71. The third-order valence-electron chi connectivity index (χ3n) is 2.53. The molecule has 0 bridgehead atoms. The van der Waals surface area contributed by atoms with Gasteiger partial charge >= 0.3 is 5.97 Å². The lowest BCUT2D eigenvalue weighted by molar-refractivity contribution is -0.141. The van der Waals surface area contributed by atoms with Crippen LogP contribution in [0.15, 0.2) is 11.4 Å². The molecular formula is C12H16N2O4S2. The normalized spacial score (nSPS) is 13.7. The van der Waals surface area contributed by atoms with Crippen molar-refractivity contribution in [3.63, 3.8) is 0 Å². The lowest BCUT2D eigenvalue weighted by Gasteiger charge is -2.27. The summed E-state index contributed by atoms with van der Waals surface area (Å²) in [5.41, 5.74) is -0.275. The highest BCUT2D eigenvalue weighted by molar-refractivity contribution is 7.88. The lowest BCUT2D eigenvalue weighted by atomic mass is 9.88. The summed E-state index contributed by atoms with van der Waals surface area (Å²) in [6.45, 7) is 4.94. The maximum absolute atomic E-state index is 12.0. The first-order valence-corrected chi connectivity index (χ1v) is 8.28. The van der Waals surface area contributed by atoms with Gasteiger partial charge in [-0.25, -0.2) is 13.1 Å². The average molecular weight is 316 g/mol. The summed E-state index contributed by atoms with van der Waals surface area (Å²) < 4.78 is 26.2. The minimum atomic E-state index is -3.79. The second kappa shape index (κ2) is 5.91. The summed E-state index contributed by atoms with van der Waals surface area (Å²) in [6.07, 6.45) is 0. The van der Waals surface area contributed by atoms with Crippen molar-refractivity contribution in [2.45, 2.75) is 32.6 Å². The van der Waals surface area contributed by atoms with Gasteiger partial charge in [-0.1, -0.05) is 20.8 Å². The van der Waals surface area contributed by atoms with Gasteiger partial charge in [-0.05, 0) is 22.4 Å². The zero-order chi connectivity index (χ0) is 15.6. The Morgan fingerprint density at radius 1 is 1.55 bits per heavy atom. The molecule has 6 nitrogen and oxygen atoms in total. The number of thiophene rings is 1. The molecule has 1 atom stereocenters. The summed E-state index contributed by atoms with van der Waals surface area (Å²) in [5, 5.41) is 19.4. The van der Waals surface area contributed by atoms with Crippen molar-refractivity contribution in [2.75, 3.05) is 0 Å². The highest BCUT2D eigenvalue weighted by Crippen LogP contribution is 2.21. The van der Waals surface area contributed by atoms with Crippen LogP contribution in [0, 0.1) is 16.7 Å². The molecule has 0 saturated heterocycles. The summed E-state index contributed by atoms with van der Waals surface area (Å²) in [6, 6.07) is 2.20. The maximum Gasteiger partial charge on any atom is 0.322 e. The molecule has 0 saturated carbocycles. The van der Waals surface area contributed by atoms with Crippen molar-refractivity contribution < 1.29 is 18.3 Å². The molecule has 0 fully saturated rings. The van der Waals surface area contributed by atoms with E-state index < -0.39 is 27.4 Å². The van der Waals surface area contributed by atoms with E-state index in [1.165, 1.54) is 6.07 Å². The fourth-order valence-electron chi connectivity index (χ4n) is 1.55. The Bertz CT molecular complexity index is 635. The van der Waals surface area contributed by atoms with Gasteiger partial charge in [-0.2, -0.15) is 5.26 Å². The van der Waals surface area contributed by atoms with Gasteiger partial charge < -0.3 is 5.11 Å². The molecule has 0 aliphatic heterocycles. The van der Waals surface area contributed by atoms with Crippen molar-refractivity contribution in [3.8, 4) is 6.07 Å². The Morgan fingerprint density at radius 2 is 2.15 bits per heavy atom. The molecule has 20 heavy (non-hydrogen) atoms. The number of nitrogens with zero attached hydrogens (tertiary/aromatic N) is 1. The first-order chi connectivity index (χ1) is 9.05. The van der Waals surface area contributed by atoms with Crippen molar-refractivity contribution in [2.24, 2.45) is 5.41 Å². The molecule has 110 valence electrons. The van der Waals surface area contributed by atoms with Crippen LogP contribution in [0.3, 0.4) is 0 Å². The number of aliphatic carboxylic acids is 1. The number of carboxylic acid groups (broad SMARTS) is 1. The van der Waals surface area contributed by atoms with Gasteiger partial charge in [0.1, 0.15) is 17.0 Å². The van der Waals surface area contributed by atoms with Gasteiger partial charge in [0.25, 0.3) is 0 Å². The Balaban J connectivity index is 2.89. The summed E-state index contributed by atoms with van der Waals surface area (Å²) in [5.74, 6) is -1.56. The number of nitrogens with one attached hydrogen (secondary N) is 1. The molecule has 1 aromatic rings. The second-order valence-corrected chi connectivity index (χ2v) is 8.11. The summed E-state index contributed by atoms with van der Waals surface area (Å²) in [7, 11) is -3.79. The van der Waals surface area contributed by atoms with Crippen LogP contribution >= 0.6 is 11.3 Å². The van der Waals surface area contributed by atoms with Gasteiger partial charge in [0.05, 0.1) is 5.75 Å². The molecule has 0 radical (unpaired) electrons. The molecule has 0 amide bonds. The molecular weight excluding hydrogens is 300 g/mol. The zero-order valence-corrected chi connectivity index (χ0v) is 13.0. The lowest BCUT2D eigenvalue weighted by Crippen LogP contribution is -2.49. The van der Waals surface area contributed by atoms with Crippen molar-refractivity contribution >= 4 is 27.3 Å². The first kappa shape index (κ1) is 16.6. The van der Waals surface area contributed by atoms with E-state index in [1.807, 2.05) is 6.07 Å². The zero-order valence-electron chi connectivity index (χ0n) is 11.4. The molecule has 1 aromatic heterocycles. The molecule has 1 heterocycles. The standard InChI is InChI=1S/C12H16N2O4S2/c1-12(2,3)10(11(15)16)14-20(17,18)7-8-4-9(5-13)19-6-8/h4,6,10,14H,7H2,1-3H3,(H,15,16)/t10-/m0/s1. The van der Waals surface area contributed by atoms with E-state index in [4.69, 9.17) is 10.4 Å². The van der Waals surface area contributed by atoms with E-state index in [9.17, 15) is 13.2 Å². The smallest absolute Gasteiger partial charge is 0.322 e. The molecule has 0 unspecified atom stereocenters. The SMILES string of the molecule is CC(C)(C)[C@@H](NS(=O)(=O)Cc1csc(C#N)c1)C(=O)O. The Hall–Kier alpha value is -1.43. The number of carboxylic acids is 1. The first-order valence-electron chi connectivity index (χ1n) is 5.75. The fourth-order valence-corrected chi connectivity index (χ4v) is 3.86. The second-order valence-electron chi connectivity index (χ2n) is 5.45. The van der Waals surface area contributed by atoms with E-state index in [-0.39, 0.29) is 5.75 Å². The van der Waals surface area contributed by atoms with Crippen LogP contribution in [0.25, 0.3) is 0 Å². The van der Waals surface area contributed by atoms with E-state index in [2.05, 4.69) is 4.72 Å². The van der Waals surface area contributed by atoms with Gasteiger partial charge in [-0.3, -0.25) is 4.79 Å². The van der Waals surface area contributed by atoms with Crippen LogP contribution in [0.2, 0.25) is 0 Å². The molecule has 0 aromatic carbocycles. The predicted molar refractivity (Wildman–Crippen MR) is 75.7 cm³/mol. The molecule has 8 heteroatoms. The fraction of sp³-hybridized carbons (Fsp3) is 0.500. The van der Waals surface area contributed by atoms with Crippen LogP contribution < -0.4 is 4.72 Å². The third-order valence-corrected chi connectivity index (χ3v) is 4.72. The van der Waals surface area contributed by atoms with Crippen molar-refractivity contribution in [1.29, 1.82) is 5.26 Å². The van der Waals surface area contributed by atoms with Gasteiger partial charge in [0.2, 0.25) is 10.0 Å². The summed E-state index contributed by atoms with van der Waals surface area (Å²) in [4.78, 5) is 11.6. The largest absolute Gasteiger partial charge is 0.480 e. The third kappa shape index (κ3) is 4.59. The molecule has 0 aliphatic rings. The van der Waals surface area contributed by atoms with Gasteiger partial charge in [0.15, 0.2) is 0 Å². The molecule has 0 aliphatic carbocycles. The van der Waals surface area contributed by atoms with E-state index in [1.54, 1.807) is 26.2 Å². The Kier molecular flexibility index (Phi) is 4.91. The van der Waals surface area contributed by atoms with E-state index in [0.29, 0.717) is 10.4 Å². The topological polar surface area (TPSA) is 107 Å². The van der Waals surface area contributed by atoms with Gasteiger partial charge in [-0.15, -0.1) is 11.3 Å². The van der Waals surface area contributed by atoms with Crippen LogP contribution in [-0.2, 0) is 20.6 Å². The quantitative estimate of drug-likeness (QED) is 0.856. The van der Waals surface area contributed by atoms with Gasteiger partial charge in [0, 0.05) is 0 Å². The Morgan fingerprint density at radius 3 is 2.55 bits per heavy atom. The number of hydrogen-bond acceptors (Lipinski definition) is 5. The Labute approximate surface area is 122 Å². The monoisotopic (exact) mass is 316 g/mol. The van der Waals surface area contributed by atoms with E-state index in [0.717, 1.165) is 11.3 Å². The number of carbonyl (C=O) groups is 1.